The van der Waals surface area contributed by atoms with Crippen molar-refractivity contribution in [3.8, 4) is 0 Å². The number of amides is 1. The molecule has 21 heavy (non-hydrogen) atoms. The smallest absolute Gasteiger partial charge is 0.304 e. The molecular formula is C16H28N2O3. The lowest BCUT2D eigenvalue weighted by molar-refractivity contribution is -0.138. The van der Waals surface area contributed by atoms with Gasteiger partial charge in [-0.15, -0.1) is 0 Å². The quantitative estimate of drug-likeness (QED) is 0.640. The Morgan fingerprint density at radius 2 is 2.19 bits per heavy atom. The fraction of sp³-hybridized carbons (Fsp3) is 0.750. The third kappa shape index (κ3) is 7.27. The molecule has 0 saturated carbocycles. The number of carbonyl (C=O) groups is 2. The Morgan fingerprint density at radius 3 is 2.76 bits per heavy atom. The summed E-state index contributed by atoms with van der Waals surface area (Å²) < 4.78 is 0. The highest BCUT2D eigenvalue weighted by atomic mass is 16.4. The van der Waals surface area contributed by atoms with Crippen LogP contribution in [0.4, 0.5) is 0 Å². The second-order valence-corrected chi connectivity index (χ2v) is 5.72. The minimum Gasteiger partial charge on any atom is -0.481 e. The molecular weight excluding hydrogens is 268 g/mol. The molecule has 1 atom stereocenters. The summed E-state index contributed by atoms with van der Waals surface area (Å²) in [5.41, 5.74) is 1.45. The van der Waals surface area contributed by atoms with E-state index in [2.05, 4.69) is 11.4 Å². The molecule has 0 aliphatic heterocycles. The van der Waals surface area contributed by atoms with Crippen molar-refractivity contribution in [1.82, 2.24) is 10.2 Å². The topological polar surface area (TPSA) is 69.6 Å². The van der Waals surface area contributed by atoms with E-state index >= 15 is 0 Å². The van der Waals surface area contributed by atoms with Crippen molar-refractivity contribution in [2.75, 3.05) is 19.6 Å². The van der Waals surface area contributed by atoms with Crippen LogP contribution in [0.15, 0.2) is 11.6 Å². The van der Waals surface area contributed by atoms with Gasteiger partial charge in [0.15, 0.2) is 0 Å². The van der Waals surface area contributed by atoms with Gasteiger partial charge in [-0.1, -0.05) is 18.6 Å². The number of allylic oxidation sites excluding steroid dienone is 1. The highest BCUT2D eigenvalue weighted by Gasteiger charge is 2.18. The SMILES string of the molecule is CCN(CC(=O)NCCC1=CCCCC1)C(C)CC(=O)O. The zero-order valence-electron chi connectivity index (χ0n) is 13.2. The van der Waals surface area contributed by atoms with E-state index in [0.29, 0.717) is 13.1 Å². The highest BCUT2D eigenvalue weighted by Crippen LogP contribution is 2.19. The number of rotatable bonds is 9. The molecule has 1 amide bonds. The van der Waals surface area contributed by atoms with Gasteiger partial charge in [0.05, 0.1) is 13.0 Å². The van der Waals surface area contributed by atoms with E-state index in [4.69, 9.17) is 5.11 Å². The van der Waals surface area contributed by atoms with Crippen LogP contribution >= 0.6 is 0 Å². The third-order valence-corrected chi connectivity index (χ3v) is 4.00. The van der Waals surface area contributed by atoms with Gasteiger partial charge in [0.1, 0.15) is 0 Å². The van der Waals surface area contributed by atoms with Crippen LogP contribution in [0.3, 0.4) is 0 Å². The normalized spacial score (nSPS) is 16.4. The van der Waals surface area contributed by atoms with E-state index < -0.39 is 5.97 Å². The fourth-order valence-electron chi connectivity index (χ4n) is 2.70. The molecule has 5 nitrogen and oxygen atoms in total. The predicted octanol–water partition coefficient (Wildman–Crippen LogP) is 2.18. The average Bonchev–Trinajstić information content (AvgIpc) is 2.45. The molecule has 2 N–H and O–H groups in total. The van der Waals surface area contributed by atoms with Crippen molar-refractivity contribution < 1.29 is 14.7 Å². The maximum absolute atomic E-state index is 11.9. The molecule has 0 fully saturated rings. The fourth-order valence-corrected chi connectivity index (χ4v) is 2.70. The molecule has 0 aromatic heterocycles. The molecule has 0 saturated heterocycles. The van der Waals surface area contributed by atoms with Gasteiger partial charge >= 0.3 is 5.97 Å². The first-order chi connectivity index (χ1) is 10.0. The van der Waals surface area contributed by atoms with Crippen LogP contribution in [0.25, 0.3) is 0 Å². The monoisotopic (exact) mass is 296 g/mol. The number of aliphatic carboxylic acids is 1. The minimum absolute atomic E-state index is 0.0227. The molecule has 1 aliphatic carbocycles. The number of hydrogen-bond donors (Lipinski definition) is 2. The van der Waals surface area contributed by atoms with Crippen LogP contribution in [0.2, 0.25) is 0 Å². The summed E-state index contributed by atoms with van der Waals surface area (Å²) in [4.78, 5) is 24.5. The van der Waals surface area contributed by atoms with Gasteiger partial charge < -0.3 is 10.4 Å². The molecule has 120 valence electrons. The Bertz CT molecular complexity index is 380. The summed E-state index contributed by atoms with van der Waals surface area (Å²) in [7, 11) is 0. The Balaban J connectivity index is 2.27. The zero-order chi connectivity index (χ0) is 15.7. The van der Waals surface area contributed by atoms with Crippen molar-refractivity contribution in [1.29, 1.82) is 0 Å². The lowest BCUT2D eigenvalue weighted by atomic mass is 9.97. The van der Waals surface area contributed by atoms with Crippen LogP contribution in [0.1, 0.15) is 52.4 Å². The summed E-state index contributed by atoms with van der Waals surface area (Å²) in [6.07, 6.45) is 8.16. The number of carbonyl (C=O) groups excluding carboxylic acids is 1. The average molecular weight is 296 g/mol. The molecule has 0 aromatic rings. The van der Waals surface area contributed by atoms with Gasteiger partial charge in [0, 0.05) is 12.6 Å². The predicted molar refractivity (Wildman–Crippen MR) is 83.1 cm³/mol. The van der Waals surface area contributed by atoms with Crippen LogP contribution in [-0.2, 0) is 9.59 Å². The Morgan fingerprint density at radius 1 is 1.43 bits per heavy atom. The second-order valence-electron chi connectivity index (χ2n) is 5.72. The largest absolute Gasteiger partial charge is 0.481 e. The zero-order valence-corrected chi connectivity index (χ0v) is 13.2. The van der Waals surface area contributed by atoms with E-state index in [1.807, 2.05) is 18.7 Å². The molecule has 0 bridgehead atoms. The van der Waals surface area contributed by atoms with Gasteiger partial charge in [-0.2, -0.15) is 0 Å². The molecule has 0 spiro atoms. The first kappa shape index (κ1) is 17.7. The van der Waals surface area contributed by atoms with Crippen molar-refractivity contribution >= 4 is 11.9 Å². The van der Waals surface area contributed by atoms with Gasteiger partial charge in [-0.3, -0.25) is 14.5 Å². The maximum atomic E-state index is 11.9. The summed E-state index contributed by atoms with van der Waals surface area (Å²) in [6.45, 7) is 5.41. The highest BCUT2D eigenvalue weighted by molar-refractivity contribution is 5.78. The lowest BCUT2D eigenvalue weighted by Gasteiger charge is -2.26. The van der Waals surface area contributed by atoms with E-state index in [1.54, 1.807) is 0 Å². The van der Waals surface area contributed by atoms with Crippen LogP contribution in [-0.4, -0.2) is 47.6 Å². The van der Waals surface area contributed by atoms with Crippen molar-refractivity contribution in [3.05, 3.63) is 11.6 Å². The van der Waals surface area contributed by atoms with Gasteiger partial charge in [0.25, 0.3) is 0 Å². The van der Waals surface area contributed by atoms with E-state index in [-0.39, 0.29) is 24.9 Å². The molecule has 5 heteroatoms. The lowest BCUT2D eigenvalue weighted by Crippen LogP contribution is -2.42. The van der Waals surface area contributed by atoms with E-state index in [9.17, 15) is 9.59 Å². The Hall–Kier alpha value is -1.36. The van der Waals surface area contributed by atoms with Crippen molar-refractivity contribution in [2.24, 2.45) is 0 Å². The molecule has 0 heterocycles. The number of carboxylic acids is 1. The van der Waals surface area contributed by atoms with Gasteiger partial charge in [0.2, 0.25) is 5.91 Å². The van der Waals surface area contributed by atoms with Crippen LogP contribution in [0.5, 0.6) is 0 Å². The van der Waals surface area contributed by atoms with Crippen molar-refractivity contribution in [2.45, 2.75) is 58.4 Å². The van der Waals surface area contributed by atoms with E-state index in [0.717, 1.165) is 12.8 Å². The number of hydrogen-bond acceptors (Lipinski definition) is 3. The number of nitrogens with one attached hydrogen (secondary N) is 1. The van der Waals surface area contributed by atoms with E-state index in [1.165, 1.54) is 24.8 Å². The Labute approximate surface area is 127 Å². The first-order valence-corrected chi connectivity index (χ1v) is 7.93. The second kappa shape index (κ2) is 9.55. The third-order valence-electron chi connectivity index (χ3n) is 4.00. The molecule has 0 radical (unpaired) electrons. The molecule has 0 aromatic carbocycles. The maximum Gasteiger partial charge on any atom is 0.304 e. The minimum atomic E-state index is -0.828. The summed E-state index contributed by atoms with van der Waals surface area (Å²) >= 11 is 0. The van der Waals surface area contributed by atoms with Gasteiger partial charge in [-0.05, 0) is 45.6 Å². The molecule has 1 aliphatic rings. The van der Waals surface area contributed by atoms with Crippen molar-refractivity contribution in [3.63, 3.8) is 0 Å². The molecule has 1 unspecified atom stereocenters. The Kier molecular flexibility index (Phi) is 8.05. The number of carboxylic acid groups (broad SMARTS) is 1. The van der Waals surface area contributed by atoms with Crippen LogP contribution in [0, 0.1) is 0 Å². The summed E-state index contributed by atoms with van der Waals surface area (Å²) in [5.74, 6) is -0.851. The van der Waals surface area contributed by atoms with Gasteiger partial charge in [-0.25, -0.2) is 0 Å². The van der Waals surface area contributed by atoms with Crippen LogP contribution < -0.4 is 5.32 Å². The number of nitrogens with zero attached hydrogens (tertiary/aromatic N) is 1. The standard InChI is InChI=1S/C16H28N2O3/c1-3-18(13(2)11-16(20)21)12-15(19)17-10-9-14-7-5-4-6-8-14/h7,13H,3-6,8-12H2,1-2H3,(H,17,19)(H,20,21). The number of likely N-dealkylation sites (N-methyl/N-ethyl adjacent to an activating group) is 1. The first-order valence-electron chi connectivity index (χ1n) is 7.93. The summed E-state index contributed by atoms with van der Waals surface area (Å²) in [5, 5.41) is 11.7. The summed E-state index contributed by atoms with van der Waals surface area (Å²) in [6, 6.07) is -0.126. The molecule has 1 rings (SSSR count).